The Bertz CT molecular complexity index is 1320. The number of anilines is 1. The van der Waals surface area contributed by atoms with Crippen LogP contribution in [0.15, 0.2) is 85.3 Å². The van der Waals surface area contributed by atoms with Crippen molar-refractivity contribution in [3.05, 3.63) is 119 Å². The molecule has 5 nitrogen and oxygen atoms in total. The molecule has 0 saturated heterocycles. The molecule has 0 aliphatic carbocycles. The van der Waals surface area contributed by atoms with E-state index in [1.165, 1.54) is 17.7 Å². The van der Waals surface area contributed by atoms with Crippen molar-refractivity contribution in [2.75, 3.05) is 11.9 Å². The van der Waals surface area contributed by atoms with Gasteiger partial charge in [0.15, 0.2) is 5.11 Å². The second-order valence-electron chi connectivity index (χ2n) is 8.42. The molecule has 1 heterocycles. The smallest absolute Gasteiger partial charge is 0.173 e. The minimum atomic E-state index is -0.264. The second kappa shape index (κ2) is 11.4. The van der Waals surface area contributed by atoms with Crippen LogP contribution < -0.4 is 5.32 Å². The number of thiocarbonyl (C=S) groups is 1. The Morgan fingerprint density at radius 1 is 1.09 bits per heavy atom. The van der Waals surface area contributed by atoms with Crippen LogP contribution in [0, 0.1) is 24.1 Å². The van der Waals surface area contributed by atoms with E-state index in [9.17, 15) is 4.39 Å². The molecule has 0 fully saturated rings. The van der Waals surface area contributed by atoms with Crippen LogP contribution in [0.1, 0.15) is 27.9 Å². The molecule has 0 atom stereocenters. The minimum Gasteiger partial charge on any atom is -0.344 e. The maximum atomic E-state index is 13.8. The van der Waals surface area contributed by atoms with Gasteiger partial charge in [-0.15, -0.1) is 0 Å². The molecular formula is C28H26FN5S. The zero-order valence-electron chi connectivity index (χ0n) is 19.5. The van der Waals surface area contributed by atoms with Crippen LogP contribution in [0.2, 0.25) is 0 Å². The summed E-state index contributed by atoms with van der Waals surface area (Å²) in [5.74, 6) is -0.264. The first-order valence-corrected chi connectivity index (χ1v) is 11.8. The summed E-state index contributed by atoms with van der Waals surface area (Å²) in [4.78, 5) is 6.39. The molecular weight excluding hydrogens is 457 g/mol. The molecule has 0 radical (unpaired) electrons. The molecule has 0 aliphatic rings. The molecule has 0 amide bonds. The largest absolute Gasteiger partial charge is 0.344 e. The Kier molecular flexibility index (Phi) is 7.86. The molecule has 0 saturated carbocycles. The van der Waals surface area contributed by atoms with Crippen LogP contribution >= 0.6 is 12.2 Å². The summed E-state index contributed by atoms with van der Waals surface area (Å²) in [6.07, 6.45) is 4.38. The Morgan fingerprint density at radius 3 is 2.57 bits per heavy atom. The highest BCUT2D eigenvalue weighted by Crippen LogP contribution is 2.15. The van der Waals surface area contributed by atoms with Crippen LogP contribution in [0.4, 0.5) is 10.1 Å². The van der Waals surface area contributed by atoms with Gasteiger partial charge in [-0.2, -0.15) is 5.26 Å². The van der Waals surface area contributed by atoms with E-state index in [1.54, 1.807) is 6.07 Å². The number of nitrogens with one attached hydrogen (secondary N) is 1. The van der Waals surface area contributed by atoms with Gasteiger partial charge in [0, 0.05) is 43.6 Å². The van der Waals surface area contributed by atoms with Gasteiger partial charge in [0.1, 0.15) is 5.82 Å². The maximum Gasteiger partial charge on any atom is 0.173 e. The minimum absolute atomic E-state index is 0.264. The van der Waals surface area contributed by atoms with E-state index in [0.29, 0.717) is 36.7 Å². The van der Waals surface area contributed by atoms with Crippen molar-refractivity contribution in [2.45, 2.75) is 26.4 Å². The summed E-state index contributed by atoms with van der Waals surface area (Å²) in [6, 6.07) is 24.4. The van der Waals surface area contributed by atoms with Gasteiger partial charge < -0.3 is 14.8 Å². The first-order valence-electron chi connectivity index (χ1n) is 11.4. The number of aryl methyl sites for hydroxylation is 1. The molecule has 1 N–H and O–H groups in total. The predicted octanol–water partition coefficient (Wildman–Crippen LogP) is 5.69. The molecule has 0 spiro atoms. The van der Waals surface area contributed by atoms with E-state index in [-0.39, 0.29) is 5.82 Å². The molecule has 4 rings (SSSR count). The van der Waals surface area contributed by atoms with Crippen molar-refractivity contribution in [3.63, 3.8) is 0 Å². The lowest BCUT2D eigenvalue weighted by molar-refractivity contribution is 0.417. The lowest BCUT2D eigenvalue weighted by Gasteiger charge is -2.26. The third kappa shape index (κ3) is 6.75. The number of halogens is 1. The van der Waals surface area contributed by atoms with E-state index in [0.717, 1.165) is 22.5 Å². The van der Waals surface area contributed by atoms with E-state index in [1.807, 2.05) is 78.9 Å². The van der Waals surface area contributed by atoms with Crippen molar-refractivity contribution in [1.82, 2.24) is 14.5 Å². The summed E-state index contributed by atoms with van der Waals surface area (Å²) in [5, 5.41) is 12.9. The van der Waals surface area contributed by atoms with Crippen molar-refractivity contribution in [3.8, 4) is 6.07 Å². The number of aromatic nitrogens is 2. The van der Waals surface area contributed by atoms with Crippen LogP contribution in [-0.4, -0.2) is 26.1 Å². The summed E-state index contributed by atoms with van der Waals surface area (Å²) in [7, 11) is 0. The normalized spacial score (nSPS) is 10.5. The highest BCUT2D eigenvalue weighted by molar-refractivity contribution is 7.80. The van der Waals surface area contributed by atoms with Gasteiger partial charge in [-0.25, -0.2) is 9.37 Å². The first-order chi connectivity index (χ1) is 17.0. The highest BCUT2D eigenvalue weighted by atomic mass is 32.1. The average Bonchev–Trinajstić information content (AvgIpc) is 3.30. The number of nitriles is 1. The molecule has 0 aliphatic heterocycles. The number of imidazole rings is 1. The fourth-order valence-electron chi connectivity index (χ4n) is 3.78. The topological polar surface area (TPSA) is 56.9 Å². The zero-order chi connectivity index (χ0) is 24.6. The van der Waals surface area contributed by atoms with Gasteiger partial charge in [-0.05, 0) is 66.7 Å². The highest BCUT2D eigenvalue weighted by Gasteiger charge is 2.13. The van der Waals surface area contributed by atoms with Gasteiger partial charge in [-0.1, -0.05) is 42.0 Å². The summed E-state index contributed by atoms with van der Waals surface area (Å²) < 4.78 is 15.9. The number of rotatable bonds is 8. The number of benzene rings is 3. The van der Waals surface area contributed by atoms with Crippen LogP contribution in [0.3, 0.4) is 0 Å². The number of hydrogen-bond donors (Lipinski definition) is 1. The molecule has 35 heavy (non-hydrogen) atoms. The Labute approximate surface area is 210 Å². The van der Waals surface area contributed by atoms with Gasteiger partial charge in [0.05, 0.1) is 18.0 Å². The monoisotopic (exact) mass is 483 g/mol. The Balaban J connectivity index is 1.47. The molecule has 3 aromatic carbocycles. The van der Waals surface area contributed by atoms with Crippen molar-refractivity contribution < 1.29 is 4.39 Å². The predicted molar refractivity (Wildman–Crippen MR) is 140 cm³/mol. The second-order valence-corrected chi connectivity index (χ2v) is 8.81. The lowest BCUT2D eigenvalue weighted by Crippen LogP contribution is -2.36. The summed E-state index contributed by atoms with van der Waals surface area (Å²) >= 11 is 5.75. The molecule has 7 heteroatoms. The molecule has 0 bridgehead atoms. The number of nitrogens with zero attached hydrogens (tertiary/aromatic N) is 4. The van der Waals surface area contributed by atoms with E-state index in [2.05, 4.69) is 20.9 Å². The van der Waals surface area contributed by atoms with Crippen molar-refractivity contribution in [2.24, 2.45) is 0 Å². The Hall–Kier alpha value is -4.02. The van der Waals surface area contributed by atoms with Crippen molar-refractivity contribution >= 4 is 23.0 Å². The quantitative estimate of drug-likeness (QED) is 0.326. The van der Waals surface area contributed by atoms with Gasteiger partial charge in [0.2, 0.25) is 0 Å². The third-order valence-corrected chi connectivity index (χ3v) is 6.09. The Morgan fingerprint density at radius 2 is 1.86 bits per heavy atom. The fourth-order valence-corrected chi connectivity index (χ4v) is 4.05. The first kappa shape index (κ1) is 24.1. The van der Waals surface area contributed by atoms with Crippen molar-refractivity contribution in [1.29, 1.82) is 5.26 Å². The van der Waals surface area contributed by atoms with Crippen LogP contribution in [0.5, 0.6) is 0 Å². The van der Waals surface area contributed by atoms with Gasteiger partial charge >= 0.3 is 0 Å². The van der Waals surface area contributed by atoms with Crippen LogP contribution in [0.25, 0.3) is 0 Å². The molecule has 176 valence electrons. The standard InChI is InChI=1S/C28H26FN5S/c1-21-5-11-26(12-6-21)32-28(35)33(19-24-3-2-4-25(29)15-24)14-13-27-17-31-20-34(27)18-23-9-7-22(16-30)8-10-23/h2-12,15,17,20H,13-14,18-19H2,1H3,(H,32,35). The summed E-state index contributed by atoms with van der Waals surface area (Å²) in [6.45, 7) is 3.82. The fraction of sp³-hybridized carbons (Fsp3) is 0.179. The zero-order valence-corrected chi connectivity index (χ0v) is 20.3. The molecule has 1 aromatic heterocycles. The maximum absolute atomic E-state index is 13.8. The summed E-state index contributed by atoms with van der Waals surface area (Å²) in [5.41, 5.74) is 5.74. The number of hydrogen-bond acceptors (Lipinski definition) is 3. The third-order valence-electron chi connectivity index (χ3n) is 5.72. The lowest BCUT2D eigenvalue weighted by atomic mass is 10.1. The van der Waals surface area contributed by atoms with Gasteiger partial charge in [0.25, 0.3) is 0 Å². The SMILES string of the molecule is Cc1ccc(NC(=S)N(CCc2cncn2Cc2ccc(C#N)cc2)Cc2cccc(F)c2)cc1. The average molecular weight is 484 g/mol. The van der Waals surface area contributed by atoms with E-state index >= 15 is 0 Å². The van der Waals surface area contributed by atoms with E-state index in [4.69, 9.17) is 17.5 Å². The van der Waals surface area contributed by atoms with E-state index < -0.39 is 0 Å². The molecule has 4 aromatic rings. The van der Waals surface area contributed by atoms with Gasteiger partial charge in [-0.3, -0.25) is 0 Å². The van der Waals surface area contributed by atoms with Crippen LogP contribution in [-0.2, 0) is 19.5 Å². The molecule has 0 unspecified atom stereocenters.